The molecule has 138 valence electrons. The molecule has 0 aliphatic heterocycles. The molecule has 0 spiro atoms. The van der Waals surface area contributed by atoms with Crippen molar-refractivity contribution < 1.29 is 19.4 Å². The molecule has 26 heavy (non-hydrogen) atoms. The van der Waals surface area contributed by atoms with Crippen LogP contribution in [0.15, 0.2) is 48.0 Å². The Bertz CT molecular complexity index is 771. The van der Waals surface area contributed by atoms with Crippen molar-refractivity contribution in [3.8, 4) is 22.6 Å². The van der Waals surface area contributed by atoms with Gasteiger partial charge in [-0.3, -0.25) is 0 Å². The van der Waals surface area contributed by atoms with Crippen molar-refractivity contribution in [1.82, 2.24) is 0 Å². The third kappa shape index (κ3) is 4.88. The van der Waals surface area contributed by atoms with Gasteiger partial charge in [-0.25, -0.2) is 4.79 Å². The Morgan fingerprint density at radius 3 is 2.38 bits per heavy atom. The number of rotatable bonds is 7. The normalized spacial score (nSPS) is 11.5. The van der Waals surface area contributed by atoms with Gasteiger partial charge < -0.3 is 14.6 Å². The Hall–Kier alpha value is -2.75. The fourth-order valence-corrected chi connectivity index (χ4v) is 2.66. The fraction of sp³-hybridized carbons (Fsp3) is 0.318. The lowest BCUT2D eigenvalue weighted by Gasteiger charge is -2.16. The van der Waals surface area contributed by atoms with Gasteiger partial charge >= 0.3 is 5.97 Å². The van der Waals surface area contributed by atoms with E-state index in [1.54, 1.807) is 13.0 Å². The van der Waals surface area contributed by atoms with Crippen molar-refractivity contribution in [2.75, 3.05) is 6.61 Å². The van der Waals surface area contributed by atoms with Crippen molar-refractivity contribution >= 4 is 12.0 Å². The average Bonchev–Trinajstić information content (AvgIpc) is 2.62. The van der Waals surface area contributed by atoms with E-state index in [1.807, 2.05) is 63.2 Å². The summed E-state index contributed by atoms with van der Waals surface area (Å²) in [6.45, 7) is 7.98. The van der Waals surface area contributed by atoms with Gasteiger partial charge in [-0.15, -0.1) is 0 Å². The maximum Gasteiger partial charge on any atom is 0.347 e. The average molecular weight is 354 g/mol. The number of phenols is 1. The van der Waals surface area contributed by atoms with Crippen LogP contribution in [0.4, 0.5) is 0 Å². The summed E-state index contributed by atoms with van der Waals surface area (Å²) in [6.07, 6.45) is 1.89. The molecule has 1 N–H and O–H groups in total. The van der Waals surface area contributed by atoms with E-state index in [1.165, 1.54) is 0 Å². The maximum atomic E-state index is 11.9. The highest BCUT2D eigenvalue weighted by molar-refractivity contribution is 5.79. The first-order valence-electron chi connectivity index (χ1n) is 8.86. The summed E-state index contributed by atoms with van der Waals surface area (Å²) >= 11 is 0. The van der Waals surface area contributed by atoms with Crippen LogP contribution in [-0.2, 0) is 9.53 Å². The molecule has 0 amide bonds. The van der Waals surface area contributed by atoms with E-state index in [9.17, 15) is 9.90 Å². The molecular weight excluding hydrogens is 328 g/mol. The van der Waals surface area contributed by atoms with E-state index in [0.717, 1.165) is 22.3 Å². The molecule has 4 nitrogen and oxygen atoms in total. The molecule has 1 atom stereocenters. The van der Waals surface area contributed by atoms with Crippen LogP contribution >= 0.6 is 0 Å². The molecule has 0 saturated carbocycles. The first-order chi connectivity index (χ1) is 12.5. The van der Waals surface area contributed by atoms with Crippen LogP contribution in [0.1, 0.15) is 39.7 Å². The fourth-order valence-electron chi connectivity index (χ4n) is 2.66. The van der Waals surface area contributed by atoms with E-state index >= 15 is 0 Å². The van der Waals surface area contributed by atoms with E-state index in [-0.39, 0.29) is 11.7 Å². The molecule has 2 aromatic rings. The van der Waals surface area contributed by atoms with Crippen molar-refractivity contribution in [3.63, 3.8) is 0 Å². The lowest BCUT2D eigenvalue weighted by Crippen LogP contribution is -2.28. The largest absolute Gasteiger partial charge is 0.507 e. The van der Waals surface area contributed by atoms with Crippen LogP contribution < -0.4 is 4.74 Å². The molecular formula is C22H26O4. The van der Waals surface area contributed by atoms with E-state index < -0.39 is 6.10 Å². The Labute approximate surface area is 155 Å². The Morgan fingerprint density at radius 1 is 1.12 bits per heavy atom. The van der Waals surface area contributed by atoms with Crippen LogP contribution in [0.5, 0.6) is 11.5 Å². The van der Waals surface area contributed by atoms with Gasteiger partial charge in [-0.1, -0.05) is 42.8 Å². The first-order valence-corrected chi connectivity index (χ1v) is 8.86. The summed E-state index contributed by atoms with van der Waals surface area (Å²) in [5.41, 5.74) is 3.80. The number of aromatic hydroxyl groups is 1. The molecule has 2 aromatic carbocycles. The number of phenolic OH excluding ortho intramolecular Hbond substituents is 1. The highest BCUT2D eigenvalue weighted by atomic mass is 16.6. The Morgan fingerprint density at radius 2 is 1.81 bits per heavy atom. The molecule has 0 aliphatic carbocycles. The Kier molecular flexibility index (Phi) is 6.84. The molecule has 0 radical (unpaired) electrons. The summed E-state index contributed by atoms with van der Waals surface area (Å²) in [5.74, 6) is 0.507. The minimum atomic E-state index is -0.609. The van der Waals surface area contributed by atoms with Gasteiger partial charge in [0.25, 0.3) is 0 Å². The number of hydrogen-bond donors (Lipinski definition) is 1. The SMILES string of the molecule is CCOC(=O)C(CC)Oc1ccc(-c2cccc(O)c2C=C(C)C)cc1. The topological polar surface area (TPSA) is 55.8 Å². The summed E-state index contributed by atoms with van der Waals surface area (Å²) in [7, 11) is 0. The minimum Gasteiger partial charge on any atom is -0.507 e. The summed E-state index contributed by atoms with van der Waals surface area (Å²) in [6, 6.07) is 13.0. The highest BCUT2D eigenvalue weighted by Gasteiger charge is 2.19. The van der Waals surface area contributed by atoms with Gasteiger partial charge in [0, 0.05) is 5.56 Å². The molecule has 0 bridgehead atoms. The number of ether oxygens (including phenoxy) is 2. The Balaban J connectivity index is 2.27. The zero-order valence-electron chi connectivity index (χ0n) is 15.8. The molecule has 0 fully saturated rings. The summed E-state index contributed by atoms with van der Waals surface area (Å²) < 4.78 is 10.8. The number of hydrogen-bond acceptors (Lipinski definition) is 4. The smallest absolute Gasteiger partial charge is 0.347 e. The van der Waals surface area contributed by atoms with Crippen molar-refractivity contribution in [3.05, 3.63) is 53.6 Å². The summed E-state index contributed by atoms with van der Waals surface area (Å²) in [5, 5.41) is 10.2. The van der Waals surface area contributed by atoms with Crippen LogP contribution in [0.3, 0.4) is 0 Å². The molecule has 0 saturated heterocycles. The minimum absolute atomic E-state index is 0.248. The third-order valence-electron chi connectivity index (χ3n) is 3.88. The molecule has 0 aromatic heterocycles. The van der Waals surface area contributed by atoms with Gasteiger partial charge in [0.15, 0.2) is 6.10 Å². The number of allylic oxidation sites excluding steroid dienone is 1. The second kappa shape index (κ2) is 9.09. The van der Waals surface area contributed by atoms with Gasteiger partial charge in [0.2, 0.25) is 0 Å². The number of carbonyl (C=O) groups is 1. The van der Waals surface area contributed by atoms with E-state index in [2.05, 4.69) is 0 Å². The van der Waals surface area contributed by atoms with Crippen LogP contribution in [0, 0.1) is 0 Å². The van der Waals surface area contributed by atoms with Gasteiger partial charge in [-0.2, -0.15) is 0 Å². The van der Waals surface area contributed by atoms with Crippen molar-refractivity contribution in [2.24, 2.45) is 0 Å². The van der Waals surface area contributed by atoms with Gasteiger partial charge in [0.1, 0.15) is 11.5 Å². The molecule has 0 aliphatic rings. The lowest BCUT2D eigenvalue weighted by molar-refractivity contribution is -0.151. The predicted molar refractivity (Wildman–Crippen MR) is 104 cm³/mol. The number of esters is 1. The van der Waals surface area contributed by atoms with Gasteiger partial charge in [0.05, 0.1) is 6.61 Å². The molecule has 2 rings (SSSR count). The van der Waals surface area contributed by atoms with Crippen molar-refractivity contribution in [1.29, 1.82) is 0 Å². The number of carbonyl (C=O) groups excluding carboxylic acids is 1. The standard InChI is InChI=1S/C22H26O4/c1-5-21(22(24)25-6-2)26-17-12-10-16(11-13-17)18-8-7-9-20(23)19(18)14-15(3)4/h7-14,21,23H,5-6H2,1-4H3. The predicted octanol–water partition coefficient (Wildman–Crippen LogP) is 5.20. The van der Waals surface area contributed by atoms with Gasteiger partial charge in [-0.05, 0) is 56.5 Å². The van der Waals surface area contributed by atoms with Crippen molar-refractivity contribution in [2.45, 2.75) is 40.2 Å². The lowest BCUT2D eigenvalue weighted by atomic mass is 9.97. The molecule has 1 unspecified atom stereocenters. The molecule has 0 heterocycles. The van der Waals surface area contributed by atoms with E-state index in [4.69, 9.17) is 9.47 Å². The molecule has 4 heteroatoms. The van der Waals surface area contributed by atoms with E-state index in [0.29, 0.717) is 18.8 Å². The van der Waals surface area contributed by atoms with Crippen LogP contribution in [0.25, 0.3) is 17.2 Å². The first kappa shape index (κ1) is 19.6. The summed E-state index contributed by atoms with van der Waals surface area (Å²) in [4.78, 5) is 11.9. The zero-order chi connectivity index (χ0) is 19.1. The second-order valence-electron chi connectivity index (χ2n) is 6.25. The van der Waals surface area contributed by atoms with Crippen LogP contribution in [-0.4, -0.2) is 23.8 Å². The quantitative estimate of drug-likeness (QED) is 0.694. The highest BCUT2D eigenvalue weighted by Crippen LogP contribution is 2.33. The monoisotopic (exact) mass is 354 g/mol. The zero-order valence-corrected chi connectivity index (χ0v) is 15.8. The third-order valence-corrected chi connectivity index (χ3v) is 3.88. The maximum absolute atomic E-state index is 11.9. The second-order valence-corrected chi connectivity index (χ2v) is 6.25. The number of benzene rings is 2. The van der Waals surface area contributed by atoms with Crippen LogP contribution in [0.2, 0.25) is 0 Å².